The fourth-order valence-corrected chi connectivity index (χ4v) is 2.63. The number of hydrogen-bond acceptors (Lipinski definition) is 5. The van der Waals surface area contributed by atoms with Crippen LogP contribution in [0.2, 0.25) is 0 Å². The maximum Gasteiger partial charge on any atom is 0.194 e. The first-order valence-corrected chi connectivity index (χ1v) is 8.86. The molecular weight excluding hydrogens is 306 g/mol. The van der Waals surface area contributed by atoms with E-state index in [9.17, 15) is 5.11 Å². The van der Waals surface area contributed by atoms with E-state index in [1.807, 2.05) is 6.07 Å². The van der Waals surface area contributed by atoms with E-state index < -0.39 is 0 Å². The summed E-state index contributed by atoms with van der Waals surface area (Å²) in [6.45, 7) is 12.6. The Morgan fingerprint density at radius 1 is 1.38 bits per heavy atom. The zero-order valence-electron chi connectivity index (χ0n) is 15.2. The van der Waals surface area contributed by atoms with Crippen LogP contribution in [0.25, 0.3) is 0 Å². The van der Waals surface area contributed by atoms with Gasteiger partial charge in [-0.25, -0.2) is 0 Å². The van der Waals surface area contributed by atoms with Gasteiger partial charge in [0.2, 0.25) is 0 Å². The predicted octanol–water partition coefficient (Wildman–Crippen LogP) is 1.17. The molecule has 1 unspecified atom stereocenters. The van der Waals surface area contributed by atoms with E-state index in [1.165, 1.54) is 0 Å². The number of nitrogens with zero attached hydrogens (tertiary/aromatic N) is 4. The molecule has 1 aliphatic rings. The van der Waals surface area contributed by atoms with Crippen molar-refractivity contribution in [3.63, 3.8) is 0 Å². The molecular formula is C17H31N5O2. The van der Waals surface area contributed by atoms with Crippen molar-refractivity contribution in [3.05, 3.63) is 18.0 Å². The molecule has 1 aromatic rings. The van der Waals surface area contributed by atoms with E-state index in [1.54, 1.807) is 6.26 Å². The lowest BCUT2D eigenvalue weighted by Crippen LogP contribution is -2.52. The Kier molecular flexibility index (Phi) is 7.05. The topological polar surface area (TPSA) is 77.1 Å². The van der Waals surface area contributed by atoms with Crippen molar-refractivity contribution < 1.29 is 9.63 Å². The molecule has 136 valence electrons. The van der Waals surface area contributed by atoms with Crippen LogP contribution in [-0.2, 0) is 6.54 Å². The average Bonchev–Trinajstić information content (AvgIpc) is 3.12. The Bertz CT molecular complexity index is 491. The van der Waals surface area contributed by atoms with Crippen molar-refractivity contribution >= 4 is 5.96 Å². The molecule has 1 aromatic heterocycles. The number of aromatic nitrogens is 1. The minimum absolute atomic E-state index is 0.143. The maximum atomic E-state index is 9.57. The van der Waals surface area contributed by atoms with Gasteiger partial charge in [0.1, 0.15) is 6.26 Å². The van der Waals surface area contributed by atoms with E-state index >= 15 is 0 Å². The van der Waals surface area contributed by atoms with Gasteiger partial charge in [0.05, 0.1) is 18.8 Å². The van der Waals surface area contributed by atoms with Crippen LogP contribution >= 0.6 is 0 Å². The third-order valence-corrected chi connectivity index (χ3v) is 4.73. The van der Waals surface area contributed by atoms with Crippen molar-refractivity contribution in [1.29, 1.82) is 0 Å². The molecule has 0 spiro atoms. The van der Waals surface area contributed by atoms with E-state index in [0.29, 0.717) is 6.54 Å². The number of hydrogen-bond donors (Lipinski definition) is 2. The lowest BCUT2D eigenvalue weighted by Gasteiger charge is -2.36. The number of aliphatic hydroxyl groups is 1. The first-order valence-electron chi connectivity index (χ1n) is 8.86. The van der Waals surface area contributed by atoms with E-state index in [0.717, 1.165) is 57.3 Å². The molecule has 0 aliphatic carbocycles. The molecule has 0 saturated carbocycles. The normalized spacial score (nSPS) is 19.3. The Hall–Kier alpha value is -1.60. The highest BCUT2D eigenvalue weighted by Crippen LogP contribution is 2.20. The van der Waals surface area contributed by atoms with Crippen LogP contribution in [-0.4, -0.2) is 71.9 Å². The highest BCUT2D eigenvalue weighted by atomic mass is 16.5. The van der Waals surface area contributed by atoms with Gasteiger partial charge >= 0.3 is 0 Å². The molecule has 0 amide bonds. The molecule has 2 rings (SSSR count). The van der Waals surface area contributed by atoms with Crippen molar-refractivity contribution in [2.75, 3.05) is 45.9 Å². The molecule has 1 atom stereocenters. The van der Waals surface area contributed by atoms with Gasteiger partial charge in [-0.15, -0.1) is 0 Å². The lowest BCUT2D eigenvalue weighted by atomic mass is 9.89. The average molecular weight is 337 g/mol. The minimum atomic E-state index is -0.143. The van der Waals surface area contributed by atoms with E-state index in [4.69, 9.17) is 9.52 Å². The number of rotatable bonds is 7. The molecule has 2 heterocycles. The summed E-state index contributed by atoms with van der Waals surface area (Å²) in [5.74, 6) is 0.951. The predicted molar refractivity (Wildman–Crippen MR) is 94.8 cm³/mol. The smallest absolute Gasteiger partial charge is 0.194 e. The van der Waals surface area contributed by atoms with Crippen molar-refractivity contribution in [2.45, 2.75) is 33.7 Å². The van der Waals surface area contributed by atoms with Crippen LogP contribution in [0.3, 0.4) is 0 Å². The summed E-state index contributed by atoms with van der Waals surface area (Å²) in [6, 6.07) is 1.92. The summed E-state index contributed by atoms with van der Waals surface area (Å²) in [7, 11) is 0. The second-order valence-electron chi connectivity index (χ2n) is 6.75. The van der Waals surface area contributed by atoms with Gasteiger partial charge in [-0.3, -0.25) is 9.89 Å². The molecule has 2 N–H and O–H groups in total. The summed E-state index contributed by atoms with van der Waals surface area (Å²) < 4.78 is 4.90. The number of aliphatic imine (C=N–C) groups is 1. The zero-order chi connectivity index (χ0) is 17.4. The summed E-state index contributed by atoms with van der Waals surface area (Å²) in [6.07, 6.45) is 2.53. The molecule has 0 radical (unpaired) electrons. The number of nitrogens with one attached hydrogen (secondary N) is 1. The third-order valence-electron chi connectivity index (χ3n) is 4.73. The van der Waals surface area contributed by atoms with Gasteiger partial charge in [-0.1, -0.05) is 19.0 Å². The van der Waals surface area contributed by atoms with E-state index in [-0.39, 0.29) is 12.0 Å². The Morgan fingerprint density at radius 3 is 2.67 bits per heavy atom. The largest absolute Gasteiger partial charge is 0.396 e. The van der Waals surface area contributed by atoms with Gasteiger partial charge in [-0.05, 0) is 13.3 Å². The highest BCUT2D eigenvalue weighted by Gasteiger charge is 2.23. The van der Waals surface area contributed by atoms with Gasteiger partial charge < -0.3 is 19.8 Å². The van der Waals surface area contributed by atoms with Crippen LogP contribution < -0.4 is 5.32 Å². The molecule has 7 nitrogen and oxygen atoms in total. The lowest BCUT2D eigenvalue weighted by molar-refractivity contribution is 0.144. The van der Waals surface area contributed by atoms with Crippen LogP contribution in [0.15, 0.2) is 21.8 Å². The fourth-order valence-electron chi connectivity index (χ4n) is 2.63. The zero-order valence-corrected chi connectivity index (χ0v) is 15.2. The number of guanidine groups is 1. The van der Waals surface area contributed by atoms with Crippen LogP contribution in [0.4, 0.5) is 0 Å². The Morgan fingerprint density at radius 2 is 2.12 bits per heavy atom. The summed E-state index contributed by atoms with van der Waals surface area (Å²) >= 11 is 0. The van der Waals surface area contributed by atoms with Crippen LogP contribution in [0.5, 0.6) is 0 Å². The Labute approximate surface area is 144 Å². The molecule has 24 heavy (non-hydrogen) atoms. The number of aliphatic hydroxyl groups excluding tert-OH is 1. The molecule has 1 fully saturated rings. The molecule has 0 bridgehead atoms. The van der Waals surface area contributed by atoms with Gasteiger partial charge in [0.25, 0.3) is 0 Å². The van der Waals surface area contributed by atoms with Crippen molar-refractivity contribution in [1.82, 2.24) is 20.3 Å². The quantitative estimate of drug-likeness (QED) is 0.574. The van der Waals surface area contributed by atoms with Crippen LogP contribution in [0, 0.1) is 5.41 Å². The Balaban J connectivity index is 1.90. The third kappa shape index (κ3) is 5.21. The van der Waals surface area contributed by atoms with Gasteiger partial charge in [0, 0.05) is 50.7 Å². The van der Waals surface area contributed by atoms with Gasteiger partial charge in [-0.2, -0.15) is 0 Å². The van der Waals surface area contributed by atoms with Gasteiger partial charge in [0.15, 0.2) is 5.96 Å². The fraction of sp³-hybridized carbons (Fsp3) is 0.765. The summed E-state index contributed by atoms with van der Waals surface area (Å²) in [5.41, 5.74) is 0.834. The molecule has 0 aromatic carbocycles. The highest BCUT2D eigenvalue weighted by molar-refractivity contribution is 5.80. The maximum absolute atomic E-state index is 9.57. The van der Waals surface area contributed by atoms with E-state index in [2.05, 4.69) is 41.0 Å². The molecule has 7 heteroatoms. The monoisotopic (exact) mass is 337 g/mol. The summed E-state index contributed by atoms with van der Waals surface area (Å²) in [4.78, 5) is 9.46. The first kappa shape index (κ1) is 18.7. The SMILES string of the molecule is CCNC(=NCC(C)(CC)CO)N1CCN(Cc2ccon2)CC1. The number of piperazine rings is 1. The summed E-state index contributed by atoms with van der Waals surface area (Å²) in [5, 5.41) is 16.9. The molecule has 1 aliphatic heterocycles. The first-order chi connectivity index (χ1) is 11.6. The van der Waals surface area contributed by atoms with Crippen molar-refractivity contribution in [2.24, 2.45) is 10.4 Å². The van der Waals surface area contributed by atoms with Crippen molar-refractivity contribution in [3.8, 4) is 0 Å². The molecule has 1 saturated heterocycles. The second-order valence-corrected chi connectivity index (χ2v) is 6.75. The van der Waals surface area contributed by atoms with Crippen LogP contribution in [0.1, 0.15) is 32.9 Å². The minimum Gasteiger partial charge on any atom is -0.396 e. The second kappa shape index (κ2) is 9.03. The standard InChI is InChI=1S/C17H31N5O2/c1-4-17(3,14-23)13-19-16(18-5-2)22-9-7-21(8-10-22)12-15-6-11-24-20-15/h6,11,23H,4-5,7-10,12-14H2,1-3H3,(H,18,19).